The van der Waals surface area contributed by atoms with Crippen molar-refractivity contribution in [2.45, 2.75) is 0 Å². The number of phenolic OH excluding ortho intramolecular Hbond substituents is 1. The van der Waals surface area contributed by atoms with Gasteiger partial charge in [0.15, 0.2) is 0 Å². The maximum Gasteiger partial charge on any atom is 0.311 e. The fourth-order valence-electron chi connectivity index (χ4n) is 1.53. The second-order valence-corrected chi connectivity index (χ2v) is 4.67. The molecule has 2 rings (SSSR count). The van der Waals surface area contributed by atoms with Gasteiger partial charge in [-0.15, -0.1) is 0 Å². The third-order valence-corrected chi connectivity index (χ3v) is 3.03. The van der Waals surface area contributed by atoms with Crippen LogP contribution < -0.4 is 0 Å². The fourth-order valence-corrected chi connectivity index (χ4v) is 1.98. The summed E-state index contributed by atoms with van der Waals surface area (Å²) in [4.78, 5) is 14.1. The Bertz CT molecular complexity index is 702. The van der Waals surface area contributed by atoms with Gasteiger partial charge < -0.3 is 5.11 Å². The molecule has 0 bridgehead atoms. The smallest absolute Gasteiger partial charge is 0.311 e. The normalized spacial score (nSPS) is 10.9. The molecule has 1 N–H and O–H groups in total. The number of benzene rings is 2. The molecule has 0 spiro atoms. The number of phenols is 1. The van der Waals surface area contributed by atoms with Crippen LogP contribution in [0.4, 0.5) is 11.4 Å². The molecule has 2 aromatic rings. The molecule has 0 saturated carbocycles. The Morgan fingerprint density at radius 1 is 1.25 bits per heavy atom. The molecule has 0 radical (unpaired) electrons. The van der Waals surface area contributed by atoms with Gasteiger partial charge in [0, 0.05) is 22.9 Å². The third kappa shape index (κ3) is 3.07. The highest BCUT2D eigenvalue weighted by Gasteiger charge is 2.15. The van der Waals surface area contributed by atoms with Crippen LogP contribution in [0.3, 0.4) is 0 Å². The molecule has 0 fully saturated rings. The highest BCUT2D eigenvalue weighted by Crippen LogP contribution is 2.30. The first-order valence-corrected chi connectivity index (χ1v) is 6.20. The number of aromatic hydroxyl groups is 1. The Morgan fingerprint density at radius 3 is 2.65 bits per heavy atom. The first kappa shape index (κ1) is 14.3. The number of para-hydroxylation sites is 1. The van der Waals surface area contributed by atoms with E-state index in [9.17, 15) is 15.2 Å². The van der Waals surface area contributed by atoms with Crippen LogP contribution in [-0.2, 0) is 0 Å². The minimum absolute atomic E-state index is 0.227. The molecular formula is C13H8Cl2N2O3. The van der Waals surface area contributed by atoms with Crippen LogP contribution >= 0.6 is 23.2 Å². The Labute approximate surface area is 124 Å². The summed E-state index contributed by atoms with van der Waals surface area (Å²) in [5.74, 6) is -0.439. The summed E-state index contributed by atoms with van der Waals surface area (Å²) in [5, 5.41) is 21.3. The van der Waals surface area contributed by atoms with Gasteiger partial charge in [-0.1, -0.05) is 29.3 Å². The second kappa shape index (κ2) is 5.90. The Morgan fingerprint density at radius 2 is 2.00 bits per heavy atom. The number of aliphatic imine (C=N–C) groups is 1. The van der Waals surface area contributed by atoms with E-state index in [1.54, 1.807) is 12.1 Å². The zero-order valence-electron chi connectivity index (χ0n) is 9.96. The number of nitrogens with zero attached hydrogens (tertiary/aromatic N) is 2. The van der Waals surface area contributed by atoms with E-state index in [0.29, 0.717) is 15.7 Å². The summed E-state index contributed by atoms with van der Waals surface area (Å²) in [6.07, 6.45) is 1.30. The molecule has 7 heteroatoms. The summed E-state index contributed by atoms with van der Waals surface area (Å²) in [7, 11) is 0. The number of nitro benzene ring substituents is 1. The van der Waals surface area contributed by atoms with Gasteiger partial charge in [-0.3, -0.25) is 15.1 Å². The van der Waals surface area contributed by atoms with Gasteiger partial charge in [0.25, 0.3) is 0 Å². The molecular weight excluding hydrogens is 303 g/mol. The van der Waals surface area contributed by atoms with Crippen LogP contribution in [0.5, 0.6) is 5.75 Å². The SMILES string of the molecule is O=[N+]([O-])c1cccc(C=Nc2ccc(Cl)cc2Cl)c1O. The van der Waals surface area contributed by atoms with Crippen molar-refractivity contribution in [3.63, 3.8) is 0 Å². The van der Waals surface area contributed by atoms with E-state index >= 15 is 0 Å². The van der Waals surface area contributed by atoms with E-state index in [1.165, 1.54) is 30.5 Å². The van der Waals surface area contributed by atoms with Crippen molar-refractivity contribution in [3.05, 3.63) is 62.1 Å². The lowest BCUT2D eigenvalue weighted by Crippen LogP contribution is -1.91. The van der Waals surface area contributed by atoms with E-state index in [-0.39, 0.29) is 11.3 Å². The maximum absolute atomic E-state index is 10.7. The average Bonchev–Trinajstić information content (AvgIpc) is 2.39. The van der Waals surface area contributed by atoms with Gasteiger partial charge in [0.2, 0.25) is 5.75 Å². The van der Waals surface area contributed by atoms with Crippen LogP contribution in [0.1, 0.15) is 5.56 Å². The number of rotatable bonds is 3. The molecule has 0 aromatic heterocycles. The molecule has 102 valence electrons. The van der Waals surface area contributed by atoms with Gasteiger partial charge in [0.1, 0.15) is 0 Å². The summed E-state index contributed by atoms with van der Waals surface area (Å²) >= 11 is 11.7. The monoisotopic (exact) mass is 310 g/mol. The van der Waals surface area contributed by atoms with E-state index in [2.05, 4.69) is 4.99 Å². The van der Waals surface area contributed by atoms with Crippen molar-refractivity contribution >= 4 is 40.8 Å². The largest absolute Gasteiger partial charge is 0.502 e. The predicted octanol–water partition coefficient (Wildman–Crippen LogP) is 4.36. The molecule has 0 unspecified atom stereocenters. The van der Waals surface area contributed by atoms with Gasteiger partial charge >= 0.3 is 5.69 Å². The highest BCUT2D eigenvalue weighted by atomic mass is 35.5. The van der Waals surface area contributed by atoms with Gasteiger partial charge in [-0.2, -0.15) is 0 Å². The van der Waals surface area contributed by atoms with E-state index in [4.69, 9.17) is 23.2 Å². The fraction of sp³-hybridized carbons (Fsp3) is 0. The third-order valence-electron chi connectivity index (χ3n) is 2.50. The molecule has 0 saturated heterocycles. The molecule has 0 aliphatic carbocycles. The topological polar surface area (TPSA) is 75.7 Å². The minimum Gasteiger partial charge on any atom is -0.502 e. The lowest BCUT2D eigenvalue weighted by atomic mass is 10.2. The van der Waals surface area contributed by atoms with E-state index < -0.39 is 10.7 Å². The quantitative estimate of drug-likeness (QED) is 0.520. The van der Waals surface area contributed by atoms with Crippen molar-refractivity contribution in [2.75, 3.05) is 0 Å². The highest BCUT2D eigenvalue weighted by molar-refractivity contribution is 6.36. The van der Waals surface area contributed by atoms with Crippen molar-refractivity contribution in [1.82, 2.24) is 0 Å². The molecule has 2 aromatic carbocycles. The first-order chi connectivity index (χ1) is 9.49. The summed E-state index contributed by atoms with van der Waals surface area (Å²) in [6, 6.07) is 8.94. The minimum atomic E-state index is -0.665. The molecule has 0 amide bonds. The van der Waals surface area contributed by atoms with Gasteiger partial charge in [0.05, 0.1) is 15.6 Å². The second-order valence-electron chi connectivity index (χ2n) is 3.83. The van der Waals surface area contributed by atoms with Crippen LogP contribution in [-0.4, -0.2) is 16.2 Å². The number of hydrogen-bond acceptors (Lipinski definition) is 4. The zero-order valence-corrected chi connectivity index (χ0v) is 11.5. The molecule has 20 heavy (non-hydrogen) atoms. The Kier molecular flexibility index (Phi) is 4.22. The van der Waals surface area contributed by atoms with Crippen molar-refractivity contribution in [3.8, 4) is 5.75 Å². The number of nitro groups is 1. The number of halogens is 2. The Hall–Kier alpha value is -2.11. The van der Waals surface area contributed by atoms with Gasteiger partial charge in [-0.05, 0) is 24.3 Å². The molecule has 0 aliphatic heterocycles. The molecule has 0 heterocycles. The van der Waals surface area contributed by atoms with Crippen molar-refractivity contribution in [1.29, 1.82) is 0 Å². The van der Waals surface area contributed by atoms with Crippen molar-refractivity contribution < 1.29 is 10.0 Å². The van der Waals surface area contributed by atoms with Crippen LogP contribution in [0.15, 0.2) is 41.4 Å². The van der Waals surface area contributed by atoms with E-state index in [0.717, 1.165) is 0 Å². The predicted molar refractivity (Wildman–Crippen MR) is 78.5 cm³/mol. The van der Waals surface area contributed by atoms with Crippen LogP contribution in [0, 0.1) is 10.1 Å². The molecule has 5 nitrogen and oxygen atoms in total. The Balaban J connectivity index is 2.37. The first-order valence-electron chi connectivity index (χ1n) is 5.44. The molecule has 0 atom stereocenters. The summed E-state index contributed by atoms with van der Waals surface area (Å²) < 4.78 is 0. The zero-order chi connectivity index (χ0) is 14.7. The summed E-state index contributed by atoms with van der Waals surface area (Å²) in [6.45, 7) is 0. The molecule has 0 aliphatic rings. The maximum atomic E-state index is 10.7. The number of hydrogen-bond donors (Lipinski definition) is 1. The lowest BCUT2D eigenvalue weighted by Gasteiger charge is -2.01. The summed E-state index contributed by atoms with van der Waals surface area (Å²) in [5.41, 5.74) is 0.295. The van der Waals surface area contributed by atoms with Crippen LogP contribution in [0.25, 0.3) is 0 Å². The standard InChI is InChI=1S/C13H8Cl2N2O3/c14-9-4-5-11(10(15)6-9)16-7-8-2-1-3-12(13(8)18)17(19)20/h1-7,18H. The van der Waals surface area contributed by atoms with Gasteiger partial charge in [-0.25, -0.2) is 0 Å². The van der Waals surface area contributed by atoms with Crippen LogP contribution in [0.2, 0.25) is 10.0 Å². The van der Waals surface area contributed by atoms with E-state index in [1.807, 2.05) is 0 Å². The van der Waals surface area contributed by atoms with Crippen molar-refractivity contribution in [2.24, 2.45) is 4.99 Å². The lowest BCUT2D eigenvalue weighted by molar-refractivity contribution is -0.385. The average molecular weight is 311 g/mol.